The summed E-state index contributed by atoms with van der Waals surface area (Å²) in [5.41, 5.74) is 0. The molecule has 0 saturated carbocycles. The lowest BCUT2D eigenvalue weighted by molar-refractivity contribution is -0.142. The molecule has 1 aromatic rings. The number of aromatic nitrogens is 2. The van der Waals surface area contributed by atoms with Gasteiger partial charge in [0, 0.05) is 25.4 Å². The second kappa shape index (κ2) is 3.79. The summed E-state index contributed by atoms with van der Waals surface area (Å²) in [5, 5.41) is 8.76. The Hall–Kier alpha value is -1.03. The number of aliphatic carboxylic acids is 1. The quantitative estimate of drug-likeness (QED) is 0.738. The van der Waals surface area contributed by atoms with Crippen molar-refractivity contribution < 1.29 is 9.90 Å². The van der Waals surface area contributed by atoms with Gasteiger partial charge in [0.1, 0.15) is 5.82 Å². The maximum Gasteiger partial charge on any atom is 0.307 e. The summed E-state index contributed by atoms with van der Waals surface area (Å²) in [6, 6.07) is 0. The van der Waals surface area contributed by atoms with Gasteiger partial charge in [-0.2, -0.15) is 0 Å². The molecule has 1 aliphatic heterocycles. The molecule has 1 N–H and O–H groups in total. The molecule has 0 bridgehead atoms. The second-order valence-corrected chi connectivity index (χ2v) is 3.06. The van der Waals surface area contributed by atoms with Crippen molar-refractivity contribution >= 4 is 18.4 Å². The summed E-state index contributed by atoms with van der Waals surface area (Å²) in [6.07, 6.45) is 4.91. The van der Waals surface area contributed by atoms with Crippen LogP contribution in [0.3, 0.4) is 0 Å². The fourth-order valence-corrected chi connectivity index (χ4v) is 1.56. The number of carbonyl (C=O) groups is 1. The Balaban J connectivity index is 0.000000845. The minimum atomic E-state index is -0.704. The lowest BCUT2D eigenvalue weighted by Crippen LogP contribution is -2.25. The van der Waals surface area contributed by atoms with Crippen LogP contribution in [-0.2, 0) is 17.8 Å². The van der Waals surface area contributed by atoms with E-state index >= 15 is 0 Å². The molecule has 0 spiro atoms. The van der Waals surface area contributed by atoms with E-state index in [1.165, 1.54) is 0 Å². The van der Waals surface area contributed by atoms with Crippen molar-refractivity contribution in [3.05, 3.63) is 18.2 Å². The van der Waals surface area contributed by atoms with E-state index in [0.29, 0.717) is 6.42 Å². The molecule has 13 heavy (non-hydrogen) atoms. The molecule has 0 saturated heterocycles. The van der Waals surface area contributed by atoms with E-state index in [0.717, 1.165) is 18.8 Å². The Morgan fingerprint density at radius 2 is 2.46 bits per heavy atom. The minimum absolute atomic E-state index is 0. The van der Waals surface area contributed by atoms with Crippen LogP contribution < -0.4 is 0 Å². The molecule has 0 aliphatic carbocycles. The van der Waals surface area contributed by atoms with Crippen LogP contribution in [0.1, 0.15) is 12.2 Å². The Morgan fingerprint density at radius 3 is 3.15 bits per heavy atom. The highest BCUT2D eigenvalue weighted by Crippen LogP contribution is 2.18. The number of aryl methyl sites for hydroxylation is 1. The average Bonchev–Trinajstić information content (AvgIpc) is 2.49. The molecule has 1 aliphatic rings. The molecule has 5 heteroatoms. The van der Waals surface area contributed by atoms with Gasteiger partial charge >= 0.3 is 5.97 Å². The van der Waals surface area contributed by atoms with E-state index < -0.39 is 5.97 Å². The van der Waals surface area contributed by atoms with Crippen molar-refractivity contribution in [2.75, 3.05) is 0 Å². The summed E-state index contributed by atoms with van der Waals surface area (Å²) >= 11 is 0. The average molecular weight is 203 g/mol. The zero-order valence-corrected chi connectivity index (χ0v) is 7.83. The van der Waals surface area contributed by atoms with Gasteiger partial charge < -0.3 is 9.67 Å². The number of carboxylic acids is 1. The van der Waals surface area contributed by atoms with Crippen molar-refractivity contribution in [2.24, 2.45) is 5.92 Å². The van der Waals surface area contributed by atoms with Crippen molar-refractivity contribution in [2.45, 2.75) is 19.4 Å². The van der Waals surface area contributed by atoms with Crippen LogP contribution in [0.25, 0.3) is 0 Å². The van der Waals surface area contributed by atoms with Gasteiger partial charge in [-0.3, -0.25) is 4.79 Å². The van der Waals surface area contributed by atoms with Crippen molar-refractivity contribution in [3.8, 4) is 0 Å². The molecule has 0 fully saturated rings. The molecule has 1 atom stereocenters. The number of fused-ring (bicyclic) bond motifs is 1. The Bertz CT molecular complexity index is 311. The molecular weight excluding hydrogens is 192 g/mol. The summed E-state index contributed by atoms with van der Waals surface area (Å²) in [4.78, 5) is 14.7. The highest BCUT2D eigenvalue weighted by Gasteiger charge is 2.24. The first kappa shape index (κ1) is 10.1. The van der Waals surface area contributed by atoms with Gasteiger partial charge in [0.05, 0.1) is 5.92 Å². The number of rotatable bonds is 1. The summed E-state index contributed by atoms with van der Waals surface area (Å²) in [7, 11) is 0. The highest BCUT2D eigenvalue weighted by molar-refractivity contribution is 5.85. The molecule has 2 rings (SSSR count). The third-order valence-electron chi connectivity index (χ3n) is 2.30. The van der Waals surface area contributed by atoms with Crippen LogP contribution in [-0.4, -0.2) is 20.6 Å². The van der Waals surface area contributed by atoms with E-state index in [-0.39, 0.29) is 18.3 Å². The predicted molar refractivity (Wildman–Crippen MR) is 48.9 cm³/mol. The topological polar surface area (TPSA) is 55.1 Å². The maximum absolute atomic E-state index is 10.6. The van der Waals surface area contributed by atoms with Crippen molar-refractivity contribution in [1.82, 2.24) is 9.55 Å². The zero-order valence-electron chi connectivity index (χ0n) is 7.01. The Kier molecular flexibility index (Phi) is 2.93. The van der Waals surface area contributed by atoms with Crippen LogP contribution >= 0.6 is 12.4 Å². The molecule has 1 aromatic heterocycles. The lowest BCUT2D eigenvalue weighted by Gasteiger charge is -2.19. The number of hydrogen-bond donors (Lipinski definition) is 1. The third-order valence-corrected chi connectivity index (χ3v) is 2.30. The van der Waals surface area contributed by atoms with Gasteiger partial charge in [0.2, 0.25) is 0 Å². The fraction of sp³-hybridized carbons (Fsp3) is 0.500. The van der Waals surface area contributed by atoms with Gasteiger partial charge in [-0.15, -0.1) is 12.4 Å². The predicted octanol–water partition coefficient (Wildman–Crippen LogP) is 0.952. The third kappa shape index (κ3) is 1.83. The van der Waals surface area contributed by atoms with Crippen LogP contribution in [0.15, 0.2) is 12.4 Å². The highest BCUT2D eigenvalue weighted by atomic mass is 35.5. The van der Waals surface area contributed by atoms with E-state index in [4.69, 9.17) is 5.11 Å². The number of nitrogens with zero attached hydrogens (tertiary/aromatic N) is 2. The Morgan fingerprint density at radius 1 is 1.69 bits per heavy atom. The molecule has 4 nitrogen and oxygen atoms in total. The standard InChI is InChI=1S/C8H10N2O2.ClH/c11-8(12)6-1-3-10-4-2-9-7(10)5-6;/h2,4,6H,1,3,5H2,(H,11,12);1H. The molecule has 0 amide bonds. The molecule has 0 aromatic carbocycles. The van der Waals surface area contributed by atoms with E-state index in [9.17, 15) is 4.79 Å². The SMILES string of the molecule is Cl.O=C(O)C1CCn2ccnc2C1. The zero-order chi connectivity index (χ0) is 8.55. The summed E-state index contributed by atoms with van der Waals surface area (Å²) in [5.74, 6) is -0.0437. The molecule has 0 radical (unpaired) electrons. The van der Waals surface area contributed by atoms with Crippen LogP contribution in [0, 0.1) is 5.92 Å². The van der Waals surface area contributed by atoms with Crippen molar-refractivity contribution in [1.29, 1.82) is 0 Å². The van der Waals surface area contributed by atoms with Crippen LogP contribution in [0.5, 0.6) is 0 Å². The summed E-state index contributed by atoms with van der Waals surface area (Å²) in [6.45, 7) is 0.784. The van der Waals surface area contributed by atoms with Gasteiger partial charge in [-0.1, -0.05) is 0 Å². The number of hydrogen-bond acceptors (Lipinski definition) is 2. The number of imidazole rings is 1. The molecular formula is C8H11ClN2O2. The van der Waals surface area contributed by atoms with Gasteiger partial charge in [0.25, 0.3) is 0 Å². The number of halogens is 1. The minimum Gasteiger partial charge on any atom is -0.481 e. The largest absolute Gasteiger partial charge is 0.481 e. The van der Waals surface area contributed by atoms with Gasteiger partial charge in [-0.25, -0.2) is 4.98 Å². The monoisotopic (exact) mass is 202 g/mol. The maximum atomic E-state index is 10.6. The second-order valence-electron chi connectivity index (χ2n) is 3.06. The van der Waals surface area contributed by atoms with Gasteiger partial charge in [0.15, 0.2) is 0 Å². The van der Waals surface area contributed by atoms with Crippen LogP contribution in [0.4, 0.5) is 0 Å². The first-order chi connectivity index (χ1) is 5.77. The van der Waals surface area contributed by atoms with Crippen LogP contribution in [0.2, 0.25) is 0 Å². The fourth-order valence-electron chi connectivity index (χ4n) is 1.56. The van der Waals surface area contributed by atoms with Crippen molar-refractivity contribution in [3.63, 3.8) is 0 Å². The molecule has 1 unspecified atom stereocenters. The van der Waals surface area contributed by atoms with E-state index in [2.05, 4.69) is 4.98 Å². The van der Waals surface area contributed by atoms with Gasteiger partial charge in [-0.05, 0) is 6.42 Å². The summed E-state index contributed by atoms with van der Waals surface area (Å²) < 4.78 is 2.01. The smallest absolute Gasteiger partial charge is 0.307 e. The molecule has 72 valence electrons. The first-order valence-electron chi connectivity index (χ1n) is 4.00. The first-order valence-corrected chi connectivity index (χ1v) is 4.00. The molecule has 2 heterocycles. The Labute approximate surface area is 82.0 Å². The lowest BCUT2D eigenvalue weighted by atomic mass is 9.98. The number of carboxylic acid groups (broad SMARTS) is 1. The van der Waals surface area contributed by atoms with E-state index in [1.54, 1.807) is 6.20 Å². The van der Waals surface area contributed by atoms with E-state index in [1.807, 2.05) is 10.8 Å². The normalized spacial score (nSPS) is 20.2.